The Kier molecular flexibility index (Phi) is 5.28. The third-order valence-electron chi connectivity index (χ3n) is 3.32. The van der Waals surface area contributed by atoms with E-state index in [-0.39, 0.29) is 22.8 Å². The third kappa shape index (κ3) is 4.04. The van der Waals surface area contributed by atoms with Crippen molar-refractivity contribution in [3.05, 3.63) is 74.5 Å². The molecular formula is C16H14ClFN2O3. The number of amides is 1. The summed E-state index contributed by atoms with van der Waals surface area (Å²) in [6.45, 7) is 2.21. The number of carbonyl (C=O) groups is 1. The van der Waals surface area contributed by atoms with E-state index in [1.54, 1.807) is 19.1 Å². The summed E-state index contributed by atoms with van der Waals surface area (Å²) in [7, 11) is 0. The Bertz CT molecular complexity index is 752. The lowest BCUT2D eigenvalue weighted by Crippen LogP contribution is -2.30. The summed E-state index contributed by atoms with van der Waals surface area (Å²) >= 11 is 5.85. The van der Waals surface area contributed by atoms with Crippen LogP contribution in [0.2, 0.25) is 5.02 Å². The van der Waals surface area contributed by atoms with Gasteiger partial charge in [-0.3, -0.25) is 14.9 Å². The Labute approximate surface area is 137 Å². The first-order valence-electron chi connectivity index (χ1n) is 6.90. The van der Waals surface area contributed by atoms with Crippen LogP contribution in [0.4, 0.5) is 10.1 Å². The lowest BCUT2D eigenvalue weighted by molar-refractivity contribution is -0.385. The molecule has 0 aliphatic heterocycles. The van der Waals surface area contributed by atoms with Crippen LogP contribution in [0.25, 0.3) is 0 Å². The minimum Gasteiger partial charge on any atom is -0.334 e. The molecular weight excluding hydrogens is 323 g/mol. The van der Waals surface area contributed by atoms with E-state index in [4.69, 9.17) is 11.6 Å². The second-order valence-electron chi connectivity index (χ2n) is 4.87. The zero-order chi connectivity index (χ0) is 17.0. The molecule has 23 heavy (non-hydrogen) atoms. The number of nitrogens with zero attached hydrogens (tertiary/aromatic N) is 2. The summed E-state index contributed by atoms with van der Waals surface area (Å²) in [4.78, 5) is 24.5. The molecule has 0 saturated carbocycles. The Hall–Kier alpha value is -2.47. The number of hydrogen-bond acceptors (Lipinski definition) is 3. The van der Waals surface area contributed by atoms with E-state index in [0.29, 0.717) is 12.1 Å². The van der Waals surface area contributed by atoms with Gasteiger partial charge in [-0.05, 0) is 36.8 Å². The van der Waals surface area contributed by atoms with Gasteiger partial charge < -0.3 is 4.90 Å². The maximum atomic E-state index is 13.3. The largest absolute Gasteiger partial charge is 0.334 e. The maximum Gasteiger partial charge on any atom is 0.282 e. The van der Waals surface area contributed by atoms with Gasteiger partial charge in [0.15, 0.2) is 0 Å². The van der Waals surface area contributed by atoms with E-state index >= 15 is 0 Å². The molecule has 5 nitrogen and oxygen atoms in total. The Morgan fingerprint density at radius 1 is 1.30 bits per heavy atom. The van der Waals surface area contributed by atoms with Crippen LogP contribution in [0.1, 0.15) is 22.8 Å². The smallest absolute Gasteiger partial charge is 0.282 e. The number of carbonyl (C=O) groups excluding carboxylic acids is 1. The van der Waals surface area contributed by atoms with Crippen molar-refractivity contribution in [2.75, 3.05) is 6.54 Å². The molecule has 0 fully saturated rings. The van der Waals surface area contributed by atoms with E-state index in [0.717, 1.165) is 0 Å². The van der Waals surface area contributed by atoms with Gasteiger partial charge in [-0.1, -0.05) is 23.7 Å². The van der Waals surface area contributed by atoms with Gasteiger partial charge in [-0.25, -0.2) is 4.39 Å². The monoisotopic (exact) mass is 336 g/mol. The van der Waals surface area contributed by atoms with E-state index in [1.807, 2.05) is 0 Å². The molecule has 0 spiro atoms. The molecule has 0 atom stereocenters. The highest BCUT2D eigenvalue weighted by atomic mass is 35.5. The van der Waals surface area contributed by atoms with Crippen LogP contribution in [0.15, 0.2) is 42.5 Å². The van der Waals surface area contributed by atoms with Crippen molar-refractivity contribution in [3.8, 4) is 0 Å². The fourth-order valence-corrected chi connectivity index (χ4v) is 2.36. The highest BCUT2D eigenvalue weighted by Gasteiger charge is 2.24. The average Bonchev–Trinajstić information content (AvgIpc) is 2.51. The molecule has 7 heteroatoms. The molecule has 2 aromatic carbocycles. The first kappa shape index (κ1) is 16.9. The highest BCUT2D eigenvalue weighted by molar-refractivity contribution is 6.31. The van der Waals surface area contributed by atoms with Crippen molar-refractivity contribution in [1.82, 2.24) is 4.90 Å². The molecule has 2 aromatic rings. The number of benzene rings is 2. The fraction of sp³-hybridized carbons (Fsp3) is 0.188. The molecule has 0 bridgehead atoms. The molecule has 2 rings (SSSR count). The molecule has 0 aromatic heterocycles. The van der Waals surface area contributed by atoms with Gasteiger partial charge in [0, 0.05) is 24.2 Å². The zero-order valence-corrected chi connectivity index (χ0v) is 13.1. The Morgan fingerprint density at radius 3 is 2.65 bits per heavy atom. The molecule has 0 radical (unpaired) electrons. The number of rotatable bonds is 5. The minimum absolute atomic E-state index is 0.0826. The number of hydrogen-bond donors (Lipinski definition) is 0. The summed E-state index contributed by atoms with van der Waals surface area (Å²) in [5.41, 5.74) is 0.211. The van der Waals surface area contributed by atoms with Crippen molar-refractivity contribution >= 4 is 23.2 Å². The molecule has 0 N–H and O–H groups in total. The molecule has 0 aliphatic rings. The summed E-state index contributed by atoms with van der Waals surface area (Å²) < 4.78 is 13.3. The first-order chi connectivity index (χ1) is 10.9. The molecule has 0 heterocycles. The zero-order valence-electron chi connectivity index (χ0n) is 12.3. The van der Waals surface area contributed by atoms with Crippen molar-refractivity contribution in [1.29, 1.82) is 0 Å². The van der Waals surface area contributed by atoms with Gasteiger partial charge in [0.2, 0.25) is 0 Å². The molecule has 0 unspecified atom stereocenters. The predicted octanol–water partition coefficient (Wildman–Crippen LogP) is 4.05. The first-order valence-corrected chi connectivity index (χ1v) is 7.27. The topological polar surface area (TPSA) is 63.5 Å². The minimum atomic E-state index is -0.625. The highest BCUT2D eigenvalue weighted by Crippen LogP contribution is 2.24. The van der Waals surface area contributed by atoms with Crippen molar-refractivity contribution in [2.45, 2.75) is 13.5 Å². The van der Waals surface area contributed by atoms with E-state index in [2.05, 4.69) is 0 Å². The normalized spacial score (nSPS) is 10.4. The SMILES string of the molecule is CCN(Cc1cccc(F)c1)C(=O)c1cc(Cl)ccc1[N+](=O)[O-]. The summed E-state index contributed by atoms with van der Waals surface area (Å²) in [6, 6.07) is 9.70. The quantitative estimate of drug-likeness (QED) is 0.611. The summed E-state index contributed by atoms with van der Waals surface area (Å²) in [5, 5.41) is 11.3. The molecule has 0 saturated heterocycles. The maximum absolute atomic E-state index is 13.3. The van der Waals surface area contributed by atoms with E-state index < -0.39 is 16.6 Å². The number of nitro benzene ring substituents is 1. The van der Waals surface area contributed by atoms with Crippen molar-refractivity contribution in [2.24, 2.45) is 0 Å². The van der Waals surface area contributed by atoms with Crippen LogP contribution >= 0.6 is 11.6 Å². The van der Waals surface area contributed by atoms with E-state index in [9.17, 15) is 19.3 Å². The standard InChI is InChI=1S/C16H14ClFN2O3/c1-2-19(10-11-4-3-5-13(18)8-11)16(21)14-9-12(17)6-7-15(14)20(22)23/h3-9H,2,10H2,1H3. The molecule has 0 aliphatic carbocycles. The molecule has 120 valence electrons. The number of halogens is 2. The second-order valence-corrected chi connectivity index (χ2v) is 5.30. The van der Waals surface area contributed by atoms with Gasteiger partial charge >= 0.3 is 0 Å². The van der Waals surface area contributed by atoms with Gasteiger partial charge in [-0.2, -0.15) is 0 Å². The van der Waals surface area contributed by atoms with Crippen molar-refractivity contribution in [3.63, 3.8) is 0 Å². The van der Waals surface area contributed by atoms with Crippen LogP contribution in [0, 0.1) is 15.9 Å². The fourth-order valence-electron chi connectivity index (χ4n) is 2.19. The Morgan fingerprint density at radius 2 is 2.04 bits per heavy atom. The Balaban J connectivity index is 2.33. The van der Waals surface area contributed by atoms with Gasteiger partial charge in [0.05, 0.1) is 4.92 Å². The molecule has 1 amide bonds. The van der Waals surface area contributed by atoms with Crippen LogP contribution < -0.4 is 0 Å². The lowest BCUT2D eigenvalue weighted by Gasteiger charge is -2.21. The van der Waals surface area contributed by atoms with Crippen LogP contribution in [-0.4, -0.2) is 22.3 Å². The van der Waals surface area contributed by atoms with Crippen molar-refractivity contribution < 1.29 is 14.1 Å². The van der Waals surface area contributed by atoms with Gasteiger partial charge in [-0.15, -0.1) is 0 Å². The van der Waals surface area contributed by atoms with Gasteiger partial charge in [0.25, 0.3) is 11.6 Å². The summed E-state index contributed by atoms with van der Waals surface area (Å²) in [5.74, 6) is -0.925. The van der Waals surface area contributed by atoms with Crippen LogP contribution in [-0.2, 0) is 6.54 Å². The van der Waals surface area contributed by atoms with E-state index in [1.165, 1.54) is 35.2 Å². The predicted molar refractivity (Wildman–Crippen MR) is 84.9 cm³/mol. The lowest BCUT2D eigenvalue weighted by atomic mass is 10.1. The number of nitro groups is 1. The summed E-state index contributed by atoms with van der Waals surface area (Å²) in [6.07, 6.45) is 0. The second kappa shape index (κ2) is 7.19. The van der Waals surface area contributed by atoms with Crippen LogP contribution in [0.3, 0.4) is 0 Å². The van der Waals surface area contributed by atoms with Gasteiger partial charge in [0.1, 0.15) is 11.4 Å². The average molecular weight is 337 g/mol. The third-order valence-corrected chi connectivity index (χ3v) is 3.55. The van der Waals surface area contributed by atoms with Crippen LogP contribution in [0.5, 0.6) is 0 Å².